The van der Waals surface area contributed by atoms with Crippen LogP contribution in [0.15, 0.2) is 12.4 Å². The van der Waals surface area contributed by atoms with E-state index in [1.807, 2.05) is 0 Å². The molecule has 1 heterocycles. The Labute approximate surface area is 71.4 Å². The fourth-order valence-electron chi connectivity index (χ4n) is 0.983. The van der Waals surface area contributed by atoms with E-state index in [1.54, 1.807) is 17.1 Å². The Morgan fingerprint density at radius 1 is 1.67 bits per heavy atom. The number of rotatable bonds is 3. The average Bonchev–Trinajstić information content (AvgIpc) is 2.32. The van der Waals surface area contributed by atoms with Crippen molar-refractivity contribution < 1.29 is 4.39 Å². The number of nitrogens with two attached hydrogens (primary N) is 1. The first-order valence-electron chi connectivity index (χ1n) is 3.91. The van der Waals surface area contributed by atoms with Crippen molar-refractivity contribution in [3.05, 3.63) is 18.0 Å². The highest BCUT2D eigenvalue weighted by Crippen LogP contribution is 2.11. The number of halogens is 1. The van der Waals surface area contributed by atoms with Crippen LogP contribution < -0.4 is 5.73 Å². The van der Waals surface area contributed by atoms with Crippen LogP contribution >= 0.6 is 0 Å². The van der Waals surface area contributed by atoms with Gasteiger partial charge in [-0.15, -0.1) is 0 Å². The lowest BCUT2D eigenvalue weighted by Crippen LogP contribution is -2.21. The largest absolute Gasteiger partial charge is 0.326 e. The van der Waals surface area contributed by atoms with Crippen LogP contribution in [0.1, 0.15) is 19.4 Å². The Hall–Kier alpha value is -0.900. The van der Waals surface area contributed by atoms with Gasteiger partial charge < -0.3 is 5.73 Å². The molecule has 0 fully saturated rings. The molecule has 4 heteroatoms. The zero-order chi connectivity index (χ0) is 9.19. The van der Waals surface area contributed by atoms with E-state index in [4.69, 9.17) is 5.73 Å². The number of aromatic nitrogens is 2. The summed E-state index contributed by atoms with van der Waals surface area (Å²) in [5.74, 6) is 0. The molecule has 12 heavy (non-hydrogen) atoms. The molecule has 1 aromatic rings. The second-order valence-corrected chi connectivity index (χ2v) is 3.47. The fraction of sp³-hybridized carbons (Fsp3) is 0.625. The second-order valence-electron chi connectivity index (χ2n) is 3.47. The third kappa shape index (κ3) is 2.62. The summed E-state index contributed by atoms with van der Waals surface area (Å²) in [6, 6.07) is 0. The van der Waals surface area contributed by atoms with Gasteiger partial charge in [0.15, 0.2) is 0 Å². The van der Waals surface area contributed by atoms with E-state index >= 15 is 0 Å². The molecule has 0 bridgehead atoms. The van der Waals surface area contributed by atoms with Crippen LogP contribution in [0.25, 0.3) is 0 Å². The van der Waals surface area contributed by atoms with Crippen LogP contribution in [0.2, 0.25) is 0 Å². The third-order valence-electron chi connectivity index (χ3n) is 1.46. The van der Waals surface area contributed by atoms with Crippen LogP contribution in [-0.2, 0) is 13.1 Å². The van der Waals surface area contributed by atoms with E-state index in [2.05, 4.69) is 5.10 Å². The molecule has 0 aliphatic rings. The minimum Gasteiger partial charge on any atom is -0.326 e. The maximum absolute atomic E-state index is 13.1. The fourth-order valence-corrected chi connectivity index (χ4v) is 0.983. The quantitative estimate of drug-likeness (QED) is 0.739. The highest BCUT2D eigenvalue weighted by molar-refractivity contribution is 5.02. The summed E-state index contributed by atoms with van der Waals surface area (Å²) in [4.78, 5) is 0. The monoisotopic (exact) mass is 171 g/mol. The van der Waals surface area contributed by atoms with Crippen molar-refractivity contribution in [3.8, 4) is 0 Å². The van der Waals surface area contributed by atoms with Crippen molar-refractivity contribution in [3.63, 3.8) is 0 Å². The molecule has 2 N–H and O–H groups in total. The molecule has 0 radical (unpaired) electrons. The Bertz CT molecular complexity index is 249. The predicted molar refractivity (Wildman–Crippen MR) is 45.3 cm³/mol. The summed E-state index contributed by atoms with van der Waals surface area (Å²) in [6.07, 6.45) is 3.42. The van der Waals surface area contributed by atoms with E-state index in [0.717, 1.165) is 5.56 Å². The van der Waals surface area contributed by atoms with Crippen molar-refractivity contribution in [1.29, 1.82) is 0 Å². The van der Waals surface area contributed by atoms with Gasteiger partial charge in [-0.1, -0.05) is 0 Å². The SMILES string of the molecule is CC(C)(F)Cn1cc(CN)cn1. The van der Waals surface area contributed by atoms with E-state index < -0.39 is 5.67 Å². The minimum absolute atomic E-state index is 0.271. The summed E-state index contributed by atoms with van der Waals surface area (Å²) < 4.78 is 14.7. The highest BCUT2D eigenvalue weighted by atomic mass is 19.1. The zero-order valence-corrected chi connectivity index (χ0v) is 7.42. The molecule has 0 aliphatic carbocycles. The lowest BCUT2D eigenvalue weighted by atomic mass is 10.2. The first-order chi connectivity index (χ1) is 5.51. The molecule has 0 unspecified atom stereocenters. The molecular formula is C8H14FN3. The molecule has 0 atom stereocenters. The Morgan fingerprint density at radius 2 is 2.33 bits per heavy atom. The van der Waals surface area contributed by atoms with Crippen molar-refractivity contribution in [2.75, 3.05) is 0 Å². The van der Waals surface area contributed by atoms with E-state index in [1.165, 1.54) is 13.8 Å². The maximum Gasteiger partial charge on any atom is 0.124 e. The molecule has 0 aromatic carbocycles. The molecule has 0 saturated carbocycles. The van der Waals surface area contributed by atoms with E-state index in [-0.39, 0.29) is 6.54 Å². The maximum atomic E-state index is 13.1. The normalized spacial score (nSPS) is 12.0. The lowest BCUT2D eigenvalue weighted by molar-refractivity contribution is 0.179. The summed E-state index contributed by atoms with van der Waals surface area (Å²) in [6.45, 7) is 3.77. The van der Waals surface area contributed by atoms with Gasteiger partial charge in [0, 0.05) is 18.3 Å². The van der Waals surface area contributed by atoms with Gasteiger partial charge >= 0.3 is 0 Å². The van der Waals surface area contributed by atoms with Crippen molar-refractivity contribution in [2.45, 2.75) is 32.6 Å². The van der Waals surface area contributed by atoms with Crippen molar-refractivity contribution >= 4 is 0 Å². The number of alkyl halides is 1. The molecule has 0 saturated heterocycles. The van der Waals surface area contributed by atoms with Gasteiger partial charge in [0.25, 0.3) is 0 Å². The van der Waals surface area contributed by atoms with Crippen LogP contribution in [0.4, 0.5) is 4.39 Å². The molecule has 68 valence electrons. The summed E-state index contributed by atoms with van der Waals surface area (Å²) >= 11 is 0. The van der Waals surface area contributed by atoms with Gasteiger partial charge in [0.05, 0.1) is 12.7 Å². The second kappa shape index (κ2) is 3.23. The Kier molecular flexibility index (Phi) is 2.47. The first kappa shape index (κ1) is 9.19. The predicted octanol–water partition coefficient (Wildman–Crippen LogP) is 1.09. The smallest absolute Gasteiger partial charge is 0.124 e. The molecule has 0 aliphatic heterocycles. The minimum atomic E-state index is -1.22. The van der Waals surface area contributed by atoms with Gasteiger partial charge in [0.2, 0.25) is 0 Å². The van der Waals surface area contributed by atoms with Gasteiger partial charge in [-0.05, 0) is 13.8 Å². The standard InChI is InChI=1S/C8H14FN3/c1-8(2,9)6-12-5-7(3-10)4-11-12/h4-5H,3,6,10H2,1-2H3. The summed E-state index contributed by atoms with van der Waals surface area (Å²) in [5.41, 5.74) is 5.09. The van der Waals surface area contributed by atoms with Gasteiger partial charge in [-0.25, -0.2) is 4.39 Å². The van der Waals surface area contributed by atoms with E-state index in [0.29, 0.717) is 6.54 Å². The summed E-state index contributed by atoms with van der Waals surface area (Å²) in [5, 5.41) is 3.97. The molecule has 1 rings (SSSR count). The Balaban J connectivity index is 2.64. The number of nitrogens with zero attached hydrogens (tertiary/aromatic N) is 2. The van der Waals surface area contributed by atoms with Crippen molar-refractivity contribution in [1.82, 2.24) is 9.78 Å². The summed E-state index contributed by atoms with van der Waals surface area (Å²) in [7, 11) is 0. The van der Waals surface area contributed by atoms with Crippen LogP contribution in [0.5, 0.6) is 0 Å². The van der Waals surface area contributed by atoms with Crippen LogP contribution in [-0.4, -0.2) is 15.4 Å². The third-order valence-corrected chi connectivity index (χ3v) is 1.46. The van der Waals surface area contributed by atoms with Crippen LogP contribution in [0.3, 0.4) is 0 Å². The van der Waals surface area contributed by atoms with E-state index in [9.17, 15) is 4.39 Å². The topological polar surface area (TPSA) is 43.8 Å². The van der Waals surface area contributed by atoms with Crippen LogP contribution in [0, 0.1) is 0 Å². The molecule has 0 amide bonds. The average molecular weight is 171 g/mol. The highest BCUT2D eigenvalue weighted by Gasteiger charge is 2.16. The van der Waals surface area contributed by atoms with Gasteiger partial charge in [-0.2, -0.15) is 5.10 Å². The zero-order valence-electron chi connectivity index (χ0n) is 7.42. The molecule has 3 nitrogen and oxygen atoms in total. The Morgan fingerprint density at radius 3 is 2.75 bits per heavy atom. The van der Waals surface area contributed by atoms with Gasteiger partial charge in [0.1, 0.15) is 5.67 Å². The molecule has 0 spiro atoms. The first-order valence-corrected chi connectivity index (χ1v) is 3.91. The molecular weight excluding hydrogens is 157 g/mol. The number of hydrogen-bond acceptors (Lipinski definition) is 2. The van der Waals surface area contributed by atoms with Crippen molar-refractivity contribution in [2.24, 2.45) is 5.73 Å². The lowest BCUT2D eigenvalue weighted by Gasteiger charge is -2.13. The number of hydrogen-bond donors (Lipinski definition) is 1. The molecule has 1 aromatic heterocycles. The van der Waals surface area contributed by atoms with Gasteiger partial charge in [-0.3, -0.25) is 4.68 Å².